The van der Waals surface area contributed by atoms with Crippen molar-refractivity contribution in [3.05, 3.63) is 53.9 Å². The highest BCUT2D eigenvalue weighted by Crippen LogP contribution is 2.09. The predicted molar refractivity (Wildman–Crippen MR) is 90.3 cm³/mol. The maximum absolute atomic E-state index is 12.4. The highest BCUT2D eigenvalue weighted by molar-refractivity contribution is 5.92. The summed E-state index contributed by atoms with van der Waals surface area (Å²) in [6.07, 6.45) is 4.94. The van der Waals surface area contributed by atoms with E-state index in [-0.39, 0.29) is 5.91 Å². The monoisotopic (exact) mass is 312 g/mol. The number of benzene rings is 1. The molecule has 1 N–H and O–H groups in total. The van der Waals surface area contributed by atoms with Gasteiger partial charge < -0.3 is 9.80 Å². The molecular formula is C18H24N4O. The fraction of sp³-hybridized carbons (Fsp3) is 0.444. The van der Waals surface area contributed by atoms with Gasteiger partial charge in [-0.1, -0.05) is 30.3 Å². The molecule has 0 saturated carbocycles. The van der Waals surface area contributed by atoms with Gasteiger partial charge in [0.15, 0.2) is 0 Å². The van der Waals surface area contributed by atoms with Crippen LogP contribution in [0.2, 0.25) is 0 Å². The Hall–Kier alpha value is -2.14. The molecule has 1 amide bonds. The van der Waals surface area contributed by atoms with Crippen molar-refractivity contribution in [1.29, 1.82) is 0 Å². The quantitative estimate of drug-likeness (QED) is 0.921. The van der Waals surface area contributed by atoms with E-state index in [0.717, 1.165) is 45.6 Å². The summed E-state index contributed by atoms with van der Waals surface area (Å²) < 4.78 is 0. The molecule has 1 fully saturated rings. The zero-order valence-electron chi connectivity index (χ0n) is 13.4. The lowest BCUT2D eigenvalue weighted by Gasteiger charge is -2.21. The molecule has 3 rings (SSSR count). The molecule has 0 bridgehead atoms. The van der Waals surface area contributed by atoms with Crippen molar-refractivity contribution < 1.29 is 4.79 Å². The smallest absolute Gasteiger partial charge is 0.271 e. The third kappa shape index (κ3) is 4.42. The van der Waals surface area contributed by atoms with Crippen LogP contribution in [0.3, 0.4) is 0 Å². The van der Waals surface area contributed by atoms with Crippen molar-refractivity contribution >= 4 is 5.91 Å². The van der Waals surface area contributed by atoms with E-state index in [0.29, 0.717) is 5.69 Å². The first-order valence-corrected chi connectivity index (χ1v) is 8.38. The van der Waals surface area contributed by atoms with Crippen molar-refractivity contribution in [2.45, 2.75) is 19.3 Å². The van der Waals surface area contributed by atoms with Crippen molar-refractivity contribution in [2.24, 2.45) is 0 Å². The van der Waals surface area contributed by atoms with Crippen LogP contribution in [-0.4, -0.2) is 58.6 Å². The first-order chi connectivity index (χ1) is 11.3. The molecule has 23 heavy (non-hydrogen) atoms. The van der Waals surface area contributed by atoms with Gasteiger partial charge in [0, 0.05) is 25.8 Å². The predicted octanol–water partition coefficient (Wildman–Crippen LogP) is 2.19. The van der Waals surface area contributed by atoms with Gasteiger partial charge in [0.1, 0.15) is 5.69 Å². The number of rotatable bonds is 5. The van der Waals surface area contributed by atoms with Crippen LogP contribution in [0.5, 0.6) is 0 Å². The second-order valence-corrected chi connectivity index (χ2v) is 6.05. The van der Waals surface area contributed by atoms with E-state index in [1.165, 1.54) is 12.0 Å². The number of H-pyrrole nitrogens is 1. The number of hydrogen-bond acceptors (Lipinski definition) is 3. The summed E-state index contributed by atoms with van der Waals surface area (Å²) in [7, 11) is 0. The van der Waals surface area contributed by atoms with E-state index in [9.17, 15) is 4.79 Å². The number of nitrogens with zero attached hydrogens (tertiary/aromatic N) is 3. The van der Waals surface area contributed by atoms with E-state index in [4.69, 9.17) is 0 Å². The summed E-state index contributed by atoms with van der Waals surface area (Å²) in [4.78, 5) is 16.8. The summed E-state index contributed by atoms with van der Waals surface area (Å²) in [6, 6.07) is 12.4. The summed E-state index contributed by atoms with van der Waals surface area (Å²) in [6.45, 7) is 4.74. The fourth-order valence-electron chi connectivity index (χ4n) is 3.09. The number of carbonyl (C=O) groups is 1. The van der Waals surface area contributed by atoms with E-state index in [1.54, 1.807) is 12.3 Å². The lowest BCUT2D eigenvalue weighted by molar-refractivity contribution is 0.0755. The van der Waals surface area contributed by atoms with Crippen LogP contribution >= 0.6 is 0 Å². The number of hydrogen-bond donors (Lipinski definition) is 1. The van der Waals surface area contributed by atoms with Crippen molar-refractivity contribution in [1.82, 2.24) is 20.0 Å². The number of aromatic nitrogens is 2. The highest BCUT2D eigenvalue weighted by atomic mass is 16.2. The Labute approximate surface area is 137 Å². The van der Waals surface area contributed by atoms with Gasteiger partial charge in [-0.3, -0.25) is 9.89 Å². The summed E-state index contributed by atoms with van der Waals surface area (Å²) in [5, 5.41) is 6.63. The van der Waals surface area contributed by atoms with Crippen molar-refractivity contribution in [2.75, 3.05) is 32.7 Å². The summed E-state index contributed by atoms with van der Waals surface area (Å²) >= 11 is 0. The van der Waals surface area contributed by atoms with Gasteiger partial charge in [-0.15, -0.1) is 0 Å². The lowest BCUT2D eigenvalue weighted by Crippen LogP contribution is -2.35. The second kappa shape index (κ2) is 7.92. The van der Waals surface area contributed by atoms with Crippen LogP contribution in [-0.2, 0) is 6.42 Å². The normalized spacial score (nSPS) is 16.3. The number of aromatic amines is 1. The van der Waals surface area contributed by atoms with Crippen LogP contribution in [0.1, 0.15) is 28.9 Å². The number of carbonyl (C=O) groups excluding carboxylic acids is 1. The molecule has 1 saturated heterocycles. The van der Waals surface area contributed by atoms with Crippen molar-refractivity contribution in [3.8, 4) is 0 Å². The average Bonchev–Trinajstić information content (AvgIpc) is 3.02. The second-order valence-electron chi connectivity index (χ2n) is 6.05. The zero-order valence-corrected chi connectivity index (χ0v) is 13.4. The van der Waals surface area contributed by atoms with Crippen LogP contribution in [0.25, 0.3) is 0 Å². The molecule has 2 heterocycles. The summed E-state index contributed by atoms with van der Waals surface area (Å²) in [5.74, 6) is 0.0636. The minimum Gasteiger partial charge on any atom is -0.336 e. The highest BCUT2D eigenvalue weighted by Gasteiger charge is 2.20. The van der Waals surface area contributed by atoms with E-state index < -0.39 is 0 Å². The molecule has 0 aliphatic carbocycles. The molecule has 0 radical (unpaired) electrons. The van der Waals surface area contributed by atoms with Crippen molar-refractivity contribution in [3.63, 3.8) is 0 Å². The molecule has 5 nitrogen and oxygen atoms in total. The van der Waals surface area contributed by atoms with Crippen LogP contribution in [0.4, 0.5) is 0 Å². The standard InChI is InChI=1S/C18H24N4O/c23-18(17-9-10-19-20-17)22-13-5-12-21(14-15-22)11-4-8-16-6-2-1-3-7-16/h1-3,6-7,9-10H,4-5,8,11-15H2,(H,19,20). The van der Waals surface area contributed by atoms with Gasteiger partial charge in [0.2, 0.25) is 0 Å². The Bertz CT molecular complexity index is 597. The molecular weight excluding hydrogens is 288 g/mol. The SMILES string of the molecule is O=C(c1ccn[nH]1)N1CCCN(CCCc2ccccc2)CC1. The minimum atomic E-state index is 0.0636. The topological polar surface area (TPSA) is 52.2 Å². The Morgan fingerprint density at radius 2 is 1.96 bits per heavy atom. The molecule has 1 aromatic heterocycles. The maximum atomic E-state index is 12.4. The molecule has 0 spiro atoms. The largest absolute Gasteiger partial charge is 0.336 e. The summed E-state index contributed by atoms with van der Waals surface area (Å²) in [5.41, 5.74) is 1.99. The zero-order chi connectivity index (χ0) is 15.9. The third-order valence-electron chi connectivity index (χ3n) is 4.39. The first-order valence-electron chi connectivity index (χ1n) is 8.38. The van der Waals surface area contributed by atoms with Crippen LogP contribution in [0, 0.1) is 0 Å². The fourth-order valence-corrected chi connectivity index (χ4v) is 3.09. The number of aryl methyl sites for hydroxylation is 1. The number of nitrogens with one attached hydrogen (secondary N) is 1. The molecule has 1 aliphatic rings. The average molecular weight is 312 g/mol. The third-order valence-corrected chi connectivity index (χ3v) is 4.39. The van der Waals surface area contributed by atoms with E-state index >= 15 is 0 Å². The molecule has 122 valence electrons. The number of amides is 1. The van der Waals surface area contributed by atoms with E-state index in [2.05, 4.69) is 45.4 Å². The first kappa shape index (κ1) is 15.7. The van der Waals surface area contributed by atoms with Gasteiger partial charge in [-0.05, 0) is 44.0 Å². The lowest BCUT2D eigenvalue weighted by atomic mass is 10.1. The minimum absolute atomic E-state index is 0.0636. The Morgan fingerprint density at radius 1 is 1.09 bits per heavy atom. The Morgan fingerprint density at radius 3 is 2.74 bits per heavy atom. The molecule has 2 aromatic rings. The molecule has 1 aromatic carbocycles. The van der Waals surface area contributed by atoms with E-state index in [1.807, 2.05) is 4.90 Å². The van der Waals surface area contributed by atoms with Gasteiger partial charge in [0.05, 0.1) is 0 Å². The molecule has 5 heteroatoms. The van der Waals surface area contributed by atoms with Crippen LogP contribution < -0.4 is 0 Å². The molecule has 1 aliphatic heterocycles. The van der Waals surface area contributed by atoms with Gasteiger partial charge in [0.25, 0.3) is 5.91 Å². The Balaban J connectivity index is 1.44. The van der Waals surface area contributed by atoms with Gasteiger partial charge in [-0.25, -0.2) is 0 Å². The van der Waals surface area contributed by atoms with Crippen LogP contribution in [0.15, 0.2) is 42.6 Å². The van der Waals surface area contributed by atoms with Gasteiger partial charge in [-0.2, -0.15) is 5.10 Å². The van der Waals surface area contributed by atoms with Gasteiger partial charge >= 0.3 is 0 Å². The Kier molecular flexibility index (Phi) is 5.42. The molecule has 0 unspecified atom stereocenters. The maximum Gasteiger partial charge on any atom is 0.271 e. The molecule has 0 atom stereocenters.